The topological polar surface area (TPSA) is 50.4 Å². The first-order valence-electron chi connectivity index (χ1n) is 5.72. The lowest BCUT2D eigenvalue weighted by Crippen LogP contribution is -2.45. The minimum absolute atomic E-state index is 0.0399. The lowest BCUT2D eigenvalue weighted by molar-refractivity contribution is 0.0287. The Hall–Kier alpha value is -1.17. The molecule has 1 aliphatic rings. The Kier molecular flexibility index (Phi) is 4.52. The van der Waals surface area contributed by atoms with Gasteiger partial charge >= 0.3 is 0 Å². The van der Waals surface area contributed by atoms with Crippen molar-refractivity contribution in [3.63, 3.8) is 0 Å². The van der Waals surface area contributed by atoms with Gasteiger partial charge in [-0.3, -0.25) is 4.79 Å². The van der Waals surface area contributed by atoms with Gasteiger partial charge < -0.3 is 15.4 Å². The van der Waals surface area contributed by atoms with E-state index in [1.165, 1.54) is 12.1 Å². The normalized spacial score (nSPS) is 19.6. The quantitative estimate of drug-likeness (QED) is 0.869. The fourth-order valence-corrected chi connectivity index (χ4v) is 1.98. The van der Waals surface area contributed by atoms with Gasteiger partial charge in [0.1, 0.15) is 5.82 Å². The van der Waals surface area contributed by atoms with E-state index >= 15 is 0 Å². The molecule has 1 amide bonds. The number of nitrogens with one attached hydrogen (secondary N) is 2. The minimum atomic E-state index is -0.462. The molecule has 0 radical (unpaired) electrons. The van der Waals surface area contributed by atoms with Gasteiger partial charge in [-0.15, -0.1) is 0 Å². The lowest BCUT2D eigenvalue weighted by Gasteiger charge is -2.23. The maximum absolute atomic E-state index is 12.8. The van der Waals surface area contributed by atoms with Gasteiger partial charge in [0.15, 0.2) is 0 Å². The van der Waals surface area contributed by atoms with Crippen molar-refractivity contribution in [2.75, 3.05) is 26.2 Å². The van der Waals surface area contributed by atoms with E-state index in [4.69, 9.17) is 16.3 Å². The summed E-state index contributed by atoms with van der Waals surface area (Å²) in [6.45, 7) is 2.57. The molecule has 0 bridgehead atoms. The summed E-state index contributed by atoms with van der Waals surface area (Å²) >= 11 is 5.80. The summed E-state index contributed by atoms with van der Waals surface area (Å²) in [4.78, 5) is 11.8. The first-order valence-corrected chi connectivity index (χ1v) is 6.10. The molecule has 1 fully saturated rings. The van der Waals surface area contributed by atoms with Crippen LogP contribution in [0.4, 0.5) is 4.39 Å². The molecule has 1 aromatic carbocycles. The van der Waals surface area contributed by atoms with E-state index in [1.54, 1.807) is 0 Å². The highest BCUT2D eigenvalue weighted by Gasteiger charge is 2.16. The maximum atomic E-state index is 12.8. The average molecular weight is 273 g/mol. The number of halogens is 2. The standard InChI is InChI=1S/C12H14ClFN2O2/c13-11-5-8(14)1-2-10(11)12(17)16-7-9-6-15-3-4-18-9/h1-2,5,9,15H,3-4,6-7H2,(H,16,17). The highest BCUT2D eigenvalue weighted by molar-refractivity contribution is 6.33. The predicted molar refractivity (Wildman–Crippen MR) is 66.4 cm³/mol. The predicted octanol–water partition coefficient (Wildman–Crippen LogP) is 1.20. The Morgan fingerprint density at radius 3 is 3.11 bits per heavy atom. The van der Waals surface area contributed by atoms with Gasteiger partial charge in [-0.05, 0) is 18.2 Å². The van der Waals surface area contributed by atoms with Gasteiger partial charge in [-0.25, -0.2) is 4.39 Å². The van der Waals surface area contributed by atoms with E-state index in [9.17, 15) is 9.18 Å². The molecule has 1 heterocycles. The molecule has 1 aliphatic heterocycles. The number of rotatable bonds is 3. The third-order valence-electron chi connectivity index (χ3n) is 2.67. The van der Waals surface area contributed by atoms with Crippen LogP contribution < -0.4 is 10.6 Å². The molecule has 6 heteroatoms. The molecule has 98 valence electrons. The molecule has 1 aromatic rings. The van der Waals surface area contributed by atoms with Crippen molar-refractivity contribution in [1.82, 2.24) is 10.6 Å². The van der Waals surface area contributed by atoms with Gasteiger partial charge in [0, 0.05) is 19.6 Å². The SMILES string of the molecule is O=C(NCC1CNCCO1)c1ccc(F)cc1Cl. The largest absolute Gasteiger partial charge is 0.374 e. The Morgan fingerprint density at radius 1 is 1.61 bits per heavy atom. The number of carbonyl (C=O) groups is 1. The third-order valence-corrected chi connectivity index (χ3v) is 2.98. The maximum Gasteiger partial charge on any atom is 0.252 e. The summed E-state index contributed by atoms with van der Waals surface area (Å²) in [5.41, 5.74) is 0.266. The first-order chi connectivity index (χ1) is 8.66. The van der Waals surface area contributed by atoms with Gasteiger partial charge in [-0.1, -0.05) is 11.6 Å². The van der Waals surface area contributed by atoms with E-state index in [0.717, 1.165) is 12.6 Å². The average Bonchev–Trinajstić information content (AvgIpc) is 2.37. The summed E-state index contributed by atoms with van der Waals surface area (Å²) in [6, 6.07) is 3.70. The second kappa shape index (κ2) is 6.13. The first kappa shape index (κ1) is 13.3. The summed E-state index contributed by atoms with van der Waals surface area (Å²) in [7, 11) is 0. The molecule has 18 heavy (non-hydrogen) atoms. The van der Waals surface area contributed by atoms with Crippen LogP contribution in [0, 0.1) is 5.82 Å². The van der Waals surface area contributed by atoms with Crippen molar-refractivity contribution in [2.45, 2.75) is 6.10 Å². The van der Waals surface area contributed by atoms with E-state index in [-0.39, 0.29) is 22.6 Å². The lowest BCUT2D eigenvalue weighted by atomic mass is 10.2. The van der Waals surface area contributed by atoms with Gasteiger partial charge in [-0.2, -0.15) is 0 Å². The monoisotopic (exact) mass is 272 g/mol. The van der Waals surface area contributed by atoms with Gasteiger partial charge in [0.05, 0.1) is 23.3 Å². The highest BCUT2D eigenvalue weighted by Crippen LogP contribution is 2.16. The van der Waals surface area contributed by atoms with E-state index < -0.39 is 5.82 Å². The Balaban J connectivity index is 1.90. The van der Waals surface area contributed by atoms with Crippen molar-refractivity contribution in [1.29, 1.82) is 0 Å². The van der Waals surface area contributed by atoms with Gasteiger partial charge in [0.2, 0.25) is 0 Å². The zero-order chi connectivity index (χ0) is 13.0. The summed E-state index contributed by atoms with van der Waals surface area (Å²) in [5.74, 6) is -0.787. The fraction of sp³-hybridized carbons (Fsp3) is 0.417. The molecule has 0 spiro atoms. The van der Waals surface area contributed by atoms with Crippen LogP contribution in [0.25, 0.3) is 0 Å². The molecular formula is C12H14ClFN2O2. The molecule has 1 saturated heterocycles. The van der Waals surface area contributed by atoms with E-state index in [2.05, 4.69) is 10.6 Å². The molecule has 0 saturated carbocycles. The van der Waals surface area contributed by atoms with Gasteiger partial charge in [0.25, 0.3) is 5.91 Å². The number of amides is 1. The molecule has 2 rings (SSSR count). The van der Waals surface area contributed by atoms with Crippen molar-refractivity contribution < 1.29 is 13.9 Å². The number of hydrogen-bond acceptors (Lipinski definition) is 3. The number of ether oxygens (including phenoxy) is 1. The number of carbonyl (C=O) groups excluding carboxylic acids is 1. The molecule has 0 aromatic heterocycles. The second-order valence-electron chi connectivity index (χ2n) is 4.03. The van der Waals surface area contributed by atoms with Crippen molar-refractivity contribution in [3.8, 4) is 0 Å². The van der Waals surface area contributed by atoms with Crippen LogP contribution in [0.15, 0.2) is 18.2 Å². The number of hydrogen-bond donors (Lipinski definition) is 2. The number of benzene rings is 1. The van der Waals surface area contributed by atoms with Crippen LogP contribution in [0.3, 0.4) is 0 Å². The minimum Gasteiger partial charge on any atom is -0.374 e. The van der Waals surface area contributed by atoms with Crippen molar-refractivity contribution in [3.05, 3.63) is 34.6 Å². The Labute approximate surface area is 109 Å². The zero-order valence-corrected chi connectivity index (χ0v) is 10.5. The van der Waals surface area contributed by atoms with E-state index in [0.29, 0.717) is 19.7 Å². The molecule has 0 aliphatic carbocycles. The fourth-order valence-electron chi connectivity index (χ4n) is 1.73. The molecular weight excluding hydrogens is 259 g/mol. The van der Waals surface area contributed by atoms with Crippen LogP contribution in [0.2, 0.25) is 5.02 Å². The highest BCUT2D eigenvalue weighted by atomic mass is 35.5. The summed E-state index contributed by atoms with van der Waals surface area (Å²) in [5, 5.41) is 5.99. The second-order valence-corrected chi connectivity index (χ2v) is 4.44. The Bertz CT molecular complexity index is 436. The summed E-state index contributed by atoms with van der Waals surface area (Å²) in [6.07, 6.45) is -0.0399. The van der Waals surface area contributed by atoms with Crippen molar-refractivity contribution >= 4 is 17.5 Å². The summed E-state index contributed by atoms with van der Waals surface area (Å²) < 4.78 is 18.3. The number of morpholine rings is 1. The van der Waals surface area contributed by atoms with Crippen LogP contribution in [-0.4, -0.2) is 38.3 Å². The smallest absolute Gasteiger partial charge is 0.252 e. The molecule has 2 N–H and O–H groups in total. The van der Waals surface area contributed by atoms with Crippen LogP contribution in [0.5, 0.6) is 0 Å². The van der Waals surface area contributed by atoms with Crippen LogP contribution in [0.1, 0.15) is 10.4 Å². The molecule has 4 nitrogen and oxygen atoms in total. The van der Waals surface area contributed by atoms with Crippen LogP contribution in [-0.2, 0) is 4.74 Å². The zero-order valence-electron chi connectivity index (χ0n) is 9.71. The van der Waals surface area contributed by atoms with Crippen molar-refractivity contribution in [2.24, 2.45) is 0 Å². The van der Waals surface area contributed by atoms with E-state index in [1.807, 2.05) is 0 Å². The molecule has 1 unspecified atom stereocenters. The van der Waals surface area contributed by atoms with Crippen LogP contribution >= 0.6 is 11.6 Å². The third kappa shape index (κ3) is 3.41. The Morgan fingerprint density at radius 2 is 2.44 bits per heavy atom. The molecule has 1 atom stereocenters.